The van der Waals surface area contributed by atoms with Gasteiger partial charge in [0.25, 0.3) is 0 Å². The van der Waals surface area contributed by atoms with Gasteiger partial charge in [-0.3, -0.25) is 18.6 Å². The Morgan fingerprint density at radius 1 is 0.389 bits per heavy atom. The van der Waals surface area contributed by atoms with Gasteiger partial charge >= 0.3 is 13.8 Å². The first-order valence-corrected chi connectivity index (χ1v) is 39.6. The number of carbonyl (C=O) groups is 2. The van der Waals surface area contributed by atoms with Gasteiger partial charge in [-0.2, -0.15) is 0 Å². The van der Waals surface area contributed by atoms with Crippen LogP contribution in [0.25, 0.3) is 0 Å². The first-order chi connectivity index (χ1) is 43.9. The largest absolute Gasteiger partial charge is 0.472 e. The summed E-state index contributed by atoms with van der Waals surface area (Å²) in [6.45, 7) is 6.99. The Kier molecular flexibility index (Phi) is 66.4. The van der Waals surface area contributed by atoms with Crippen LogP contribution in [0.15, 0.2) is 97.2 Å². The maximum atomic E-state index is 13.7. The molecule has 0 rings (SSSR count). The second-order valence-corrected chi connectivity index (χ2v) is 28.3. The first kappa shape index (κ1) is 86.9. The number of amides is 1. The van der Waals surface area contributed by atoms with Crippen LogP contribution in [0, 0.1) is 0 Å². The molecule has 3 atom stereocenters. The van der Waals surface area contributed by atoms with Crippen molar-refractivity contribution in [2.24, 2.45) is 0 Å². The number of phosphoric acid groups is 1. The number of quaternary nitrogens is 1. The fraction of sp³-hybridized carbons (Fsp3) is 0.775. The molecule has 0 saturated heterocycles. The molecule has 2 N–H and O–H groups in total. The van der Waals surface area contributed by atoms with E-state index in [0.29, 0.717) is 17.4 Å². The predicted molar refractivity (Wildman–Crippen MR) is 392 cm³/mol. The van der Waals surface area contributed by atoms with E-state index >= 15 is 0 Å². The summed E-state index contributed by atoms with van der Waals surface area (Å²) in [5.41, 5.74) is 0. The average molecular weight is 1280 g/mol. The van der Waals surface area contributed by atoms with Gasteiger partial charge < -0.3 is 19.4 Å². The van der Waals surface area contributed by atoms with Crippen LogP contribution in [0.5, 0.6) is 0 Å². The third-order valence-electron chi connectivity index (χ3n) is 16.7. The molecule has 0 aromatic rings. The molecule has 0 fully saturated rings. The van der Waals surface area contributed by atoms with Gasteiger partial charge in [-0.15, -0.1) is 0 Å². The second-order valence-electron chi connectivity index (χ2n) is 26.8. The third-order valence-corrected chi connectivity index (χ3v) is 17.7. The topological polar surface area (TPSA) is 111 Å². The van der Waals surface area contributed by atoms with Crippen molar-refractivity contribution in [3.63, 3.8) is 0 Å². The molecule has 522 valence electrons. The Morgan fingerprint density at radius 2 is 0.678 bits per heavy atom. The zero-order chi connectivity index (χ0) is 65.6. The van der Waals surface area contributed by atoms with E-state index in [9.17, 15) is 19.0 Å². The zero-order valence-electron chi connectivity index (χ0n) is 59.9. The number of likely N-dealkylation sites (N-methyl/N-ethyl adjacent to an activating group) is 1. The minimum atomic E-state index is -4.46. The molecule has 0 bridgehead atoms. The molecule has 0 aliphatic rings. The summed E-state index contributed by atoms with van der Waals surface area (Å²) in [4.78, 5) is 38.0. The summed E-state index contributed by atoms with van der Waals surface area (Å²) in [6.07, 6.45) is 94.2. The molecule has 0 aliphatic carbocycles. The van der Waals surface area contributed by atoms with Crippen molar-refractivity contribution in [2.45, 2.75) is 360 Å². The van der Waals surface area contributed by atoms with Crippen LogP contribution in [0.1, 0.15) is 348 Å². The van der Waals surface area contributed by atoms with E-state index in [4.69, 9.17) is 13.8 Å². The highest BCUT2D eigenvalue weighted by molar-refractivity contribution is 7.47. The Bertz CT molecular complexity index is 1860. The molecule has 3 unspecified atom stereocenters. The number of phosphoric ester groups is 1. The Morgan fingerprint density at radius 3 is 1.03 bits per heavy atom. The molecule has 0 aromatic heterocycles. The molecule has 0 aromatic carbocycles. The quantitative estimate of drug-likeness (QED) is 0.0205. The molecule has 0 heterocycles. The van der Waals surface area contributed by atoms with Crippen LogP contribution >= 0.6 is 7.82 Å². The van der Waals surface area contributed by atoms with Gasteiger partial charge in [0.15, 0.2) is 0 Å². The standard InChI is InChI=1S/C80H145N2O7P/c1-7-10-13-16-19-22-25-28-30-32-34-36-38-40-41-43-44-46-48-50-52-54-57-60-63-66-69-72-79(83)81-77(76-88-90(85,86)87-75-74-82(4,5)6)78(71-68-65-62-59-56-27-24-21-18-15-12-9-3)89-80(84)73-70-67-64-61-58-55-53-51-49-47-45-42-39-37-35-33-31-29-26-23-20-17-14-11-8-2/h19-20,22-23,28-31,34-37,40-41,68,71,77-78H,7-18,21,24-27,32-33,38-39,42-67,69-70,72-76H2,1-6H3,(H-,81,83,85,86)/p+1/b22-19-,23-20-,30-28-,31-29-,36-34-,37-35-,41-40-,71-68+. The fourth-order valence-corrected chi connectivity index (χ4v) is 11.6. The Balaban J connectivity index is 5.00. The highest BCUT2D eigenvalue weighted by atomic mass is 31.2. The lowest BCUT2D eigenvalue weighted by molar-refractivity contribution is -0.870. The molecule has 0 aliphatic heterocycles. The Hall–Kier alpha value is -3.07. The van der Waals surface area contributed by atoms with Crippen molar-refractivity contribution >= 4 is 19.7 Å². The summed E-state index contributed by atoms with van der Waals surface area (Å²) in [5.74, 6) is -0.503. The van der Waals surface area contributed by atoms with Gasteiger partial charge in [-0.1, -0.05) is 317 Å². The minimum Gasteiger partial charge on any atom is -0.456 e. The first-order valence-electron chi connectivity index (χ1n) is 38.1. The second kappa shape index (κ2) is 68.8. The number of carbonyl (C=O) groups excluding carboxylic acids is 2. The van der Waals surface area contributed by atoms with E-state index in [1.807, 2.05) is 33.3 Å². The highest BCUT2D eigenvalue weighted by Crippen LogP contribution is 2.43. The molecular weight excluding hydrogens is 1130 g/mol. The lowest BCUT2D eigenvalue weighted by Gasteiger charge is -2.27. The molecule has 0 radical (unpaired) electrons. The number of allylic oxidation sites excluding steroid dienone is 15. The van der Waals surface area contributed by atoms with Crippen LogP contribution in [0.2, 0.25) is 0 Å². The summed E-state index contributed by atoms with van der Waals surface area (Å²) in [5, 5.41) is 3.08. The van der Waals surface area contributed by atoms with Crippen molar-refractivity contribution < 1.29 is 37.3 Å². The number of hydrogen-bond donors (Lipinski definition) is 2. The molecule has 9 nitrogen and oxygen atoms in total. The maximum Gasteiger partial charge on any atom is 0.472 e. The van der Waals surface area contributed by atoms with Gasteiger partial charge in [0.1, 0.15) is 19.3 Å². The number of hydrogen-bond acceptors (Lipinski definition) is 6. The van der Waals surface area contributed by atoms with Crippen molar-refractivity contribution in [3.05, 3.63) is 97.2 Å². The predicted octanol–water partition coefficient (Wildman–Crippen LogP) is 24.6. The summed E-state index contributed by atoms with van der Waals surface area (Å²) >= 11 is 0. The number of nitrogens with zero attached hydrogens (tertiary/aromatic N) is 1. The van der Waals surface area contributed by atoms with Crippen molar-refractivity contribution in [1.82, 2.24) is 5.32 Å². The van der Waals surface area contributed by atoms with E-state index in [-0.39, 0.29) is 31.5 Å². The molecule has 10 heteroatoms. The highest BCUT2D eigenvalue weighted by Gasteiger charge is 2.30. The Labute approximate surface area is 558 Å². The molecule has 1 amide bonds. The van der Waals surface area contributed by atoms with E-state index in [0.717, 1.165) is 89.9 Å². The molecular formula is C80H146N2O7P+. The summed E-state index contributed by atoms with van der Waals surface area (Å²) in [6, 6.07) is -0.857. The van der Waals surface area contributed by atoms with E-state index in [2.05, 4.69) is 111 Å². The third kappa shape index (κ3) is 69.3. The summed E-state index contributed by atoms with van der Waals surface area (Å²) in [7, 11) is 1.49. The number of ether oxygens (including phenoxy) is 1. The van der Waals surface area contributed by atoms with E-state index < -0.39 is 20.0 Å². The molecule has 0 saturated carbocycles. The average Bonchev–Trinajstić information content (AvgIpc) is 3.04. The SMILES string of the molecule is CCCCC/C=C\C/C=C\C/C=C\C/C=C\CCCCCCCCCCCCCC(=O)NC(COP(=O)(O)OCC[N+](C)(C)C)C(/C=C/CCCCCCCCCCCC)OC(=O)CCCCCCCCCCCCCC/C=C\C/C=C\C/C=C\CCCCC. The van der Waals surface area contributed by atoms with Gasteiger partial charge in [0, 0.05) is 12.8 Å². The van der Waals surface area contributed by atoms with Crippen LogP contribution in [0.3, 0.4) is 0 Å². The molecule has 90 heavy (non-hydrogen) atoms. The lowest BCUT2D eigenvalue weighted by atomic mass is 10.0. The monoisotopic (exact) mass is 1280 g/mol. The van der Waals surface area contributed by atoms with Gasteiger partial charge in [0.2, 0.25) is 5.91 Å². The number of unbranched alkanes of at least 4 members (excludes halogenated alkanes) is 39. The normalized spacial score (nSPS) is 14.0. The number of esters is 1. The molecule has 0 spiro atoms. The smallest absolute Gasteiger partial charge is 0.456 e. The van der Waals surface area contributed by atoms with Gasteiger partial charge in [0.05, 0.1) is 33.8 Å². The number of rotatable bonds is 69. The van der Waals surface area contributed by atoms with Crippen molar-refractivity contribution in [2.75, 3.05) is 40.9 Å². The van der Waals surface area contributed by atoms with E-state index in [1.165, 1.54) is 225 Å². The zero-order valence-corrected chi connectivity index (χ0v) is 60.8. The van der Waals surface area contributed by atoms with Crippen molar-refractivity contribution in [3.8, 4) is 0 Å². The van der Waals surface area contributed by atoms with Crippen LogP contribution in [0.4, 0.5) is 0 Å². The van der Waals surface area contributed by atoms with Gasteiger partial charge in [-0.25, -0.2) is 4.57 Å². The van der Waals surface area contributed by atoms with Crippen LogP contribution in [-0.2, 0) is 27.9 Å². The van der Waals surface area contributed by atoms with Crippen LogP contribution in [-0.4, -0.2) is 74.3 Å². The number of nitrogens with one attached hydrogen (secondary N) is 1. The van der Waals surface area contributed by atoms with E-state index in [1.54, 1.807) is 0 Å². The van der Waals surface area contributed by atoms with Crippen LogP contribution < -0.4 is 5.32 Å². The van der Waals surface area contributed by atoms with Gasteiger partial charge in [-0.05, 0) is 115 Å². The fourth-order valence-electron chi connectivity index (χ4n) is 10.9. The van der Waals surface area contributed by atoms with Crippen molar-refractivity contribution in [1.29, 1.82) is 0 Å². The maximum absolute atomic E-state index is 13.7. The lowest BCUT2D eigenvalue weighted by Crippen LogP contribution is -2.47. The minimum absolute atomic E-state index is 0.0365. The summed E-state index contributed by atoms with van der Waals surface area (Å²) < 4.78 is 30.9.